The summed E-state index contributed by atoms with van der Waals surface area (Å²) in [4.78, 5) is 0. The summed E-state index contributed by atoms with van der Waals surface area (Å²) in [7, 11) is 0. The van der Waals surface area contributed by atoms with E-state index in [0.29, 0.717) is 11.9 Å². The molecule has 1 aromatic heterocycles. The molecular formula is C11H11ClFNO. The maximum atomic E-state index is 13.1. The molecule has 80 valence electrons. The summed E-state index contributed by atoms with van der Waals surface area (Å²) in [6.45, 7) is 2.18. The third-order valence-corrected chi connectivity index (χ3v) is 2.69. The number of hydrogen-bond acceptors (Lipinski definition) is 1. The summed E-state index contributed by atoms with van der Waals surface area (Å²) in [6.07, 6.45) is 1.35. The first kappa shape index (κ1) is 10.5. The first-order valence-corrected chi connectivity index (χ1v) is 5.08. The van der Waals surface area contributed by atoms with Gasteiger partial charge in [-0.05, 0) is 25.1 Å². The summed E-state index contributed by atoms with van der Waals surface area (Å²) < 4.78 is 15.0. The van der Waals surface area contributed by atoms with Gasteiger partial charge in [0.05, 0.1) is 11.1 Å². The Morgan fingerprint density at radius 2 is 2.20 bits per heavy atom. The predicted octanol–water partition coefficient (Wildman–Crippen LogP) is 2.81. The van der Waals surface area contributed by atoms with Crippen LogP contribution >= 0.6 is 11.6 Å². The quantitative estimate of drug-likeness (QED) is 0.839. The molecule has 2 rings (SSSR count). The molecule has 0 aliphatic carbocycles. The number of aliphatic hydroxyl groups is 1. The van der Waals surface area contributed by atoms with Crippen LogP contribution in [0.2, 0.25) is 5.02 Å². The van der Waals surface area contributed by atoms with Crippen molar-refractivity contribution in [2.45, 2.75) is 19.6 Å². The summed E-state index contributed by atoms with van der Waals surface area (Å²) in [5.41, 5.74) is 0.835. The second kappa shape index (κ2) is 3.83. The van der Waals surface area contributed by atoms with E-state index >= 15 is 0 Å². The second-order valence-corrected chi connectivity index (χ2v) is 3.99. The van der Waals surface area contributed by atoms with Crippen molar-refractivity contribution in [3.63, 3.8) is 0 Å². The Bertz CT molecular complexity index is 493. The monoisotopic (exact) mass is 227 g/mol. The molecule has 1 heterocycles. The number of nitrogens with zero attached hydrogens (tertiary/aromatic N) is 1. The number of benzene rings is 1. The molecule has 0 aliphatic rings. The van der Waals surface area contributed by atoms with Crippen molar-refractivity contribution in [2.75, 3.05) is 0 Å². The van der Waals surface area contributed by atoms with E-state index in [2.05, 4.69) is 0 Å². The van der Waals surface area contributed by atoms with Gasteiger partial charge in [-0.3, -0.25) is 0 Å². The molecule has 0 bridgehead atoms. The van der Waals surface area contributed by atoms with Crippen LogP contribution < -0.4 is 0 Å². The van der Waals surface area contributed by atoms with E-state index < -0.39 is 11.9 Å². The molecular weight excluding hydrogens is 217 g/mol. The summed E-state index contributed by atoms with van der Waals surface area (Å²) in [6, 6.07) is 4.76. The normalized spacial score (nSPS) is 13.3. The third kappa shape index (κ3) is 1.85. The Kier molecular flexibility index (Phi) is 2.67. The smallest absolute Gasteiger partial charge is 0.142 e. The molecule has 0 aliphatic heterocycles. The fourth-order valence-electron chi connectivity index (χ4n) is 1.65. The van der Waals surface area contributed by atoms with Crippen LogP contribution in [0.4, 0.5) is 4.39 Å². The summed E-state index contributed by atoms with van der Waals surface area (Å²) in [5.74, 6) is -0.418. The van der Waals surface area contributed by atoms with E-state index in [9.17, 15) is 9.50 Å². The van der Waals surface area contributed by atoms with Crippen LogP contribution in [0.5, 0.6) is 0 Å². The highest BCUT2D eigenvalue weighted by Crippen LogP contribution is 2.27. The largest absolute Gasteiger partial charge is 0.392 e. The fraction of sp³-hybridized carbons (Fsp3) is 0.273. The van der Waals surface area contributed by atoms with Gasteiger partial charge in [0.1, 0.15) is 5.82 Å². The topological polar surface area (TPSA) is 25.2 Å². The first-order valence-electron chi connectivity index (χ1n) is 4.70. The molecule has 15 heavy (non-hydrogen) atoms. The summed E-state index contributed by atoms with van der Waals surface area (Å²) >= 11 is 5.83. The van der Waals surface area contributed by atoms with Crippen LogP contribution in [0.3, 0.4) is 0 Å². The number of rotatable bonds is 2. The standard InChI is InChI=1S/C11H11ClFNO/c1-7(15)6-14-5-4-8-10(14)3-2-9(13)11(8)12/h2-5,7,15H,6H2,1H3/t7-/m0/s1. The minimum atomic E-state index is -0.440. The first-order chi connectivity index (χ1) is 7.09. The second-order valence-electron chi connectivity index (χ2n) is 3.61. The van der Waals surface area contributed by atoms with E-state index in [1.807, 2.05) is 4.57 Å². The molecule has 0 saturated heterocycles. The lowest BCUT2D eigenvalue weighted by molar-refractivity contribution is 0.175. The molecule has 0 unspecified atom stereocenters. The predicted molar refractivity (Wildman–Crippen MR) is 58.6 cm³/mol. The molecule has 1 aromatic carbocycles. The van der Waals surface area contributed by atoms with Gasteiger partial charge in [-0.25, -0.2) is 4.39 Å². The SMILES string of the molecule is C[C@H](O)Cn1ccc2c(Cl)c(F)ccc21. The van der Waals surface area contributed by atoms with Crippen LogP contribution in [0, 0.1) is 5.82 Å². The Balaban J connectivity index is 2.57. The van der Waals surface area contributed by atoms with E-state index in [4.69, 9.17) is 11.6 Å². The van der Waals surface area contributed by atoms with Crippen LogP contribution in [0.1, 0.15) is 6.92 Å². The van der Waals surface area contributed by atoms with E-state index in [0.717, 1.165) is 5.52 Å². The van der Waals surface area contributed by atoms with Crippen molar-refractivity contribution in [3.05, 3.63) is 35.2 Å². The van der Waals surface area contributed by atoms with E-state index in [1.165, 1.54) is 6.07 Å². The van der Waals surface area contributed by atoms with Crippen molar-refractivity contribution in [3.8, 4) is 0 Å². The van der Waals surface area contributed by atoms with Gasteiger partial charge in [0.15, 0.2) is 0 Å². The molecule has 1 N–H and O–H groups in total. The number of aliphatic hydroxyl groups excluding tert-OH is 1. The molecule has 2 nitrogen and oxygen atoms in total. The van der Waals surface area contributed by atoms with Crippen molar-refractivity contribution >= 4 is 22.5 Å². The van der Waals surface area contributed by atoms with Crippen LogP contribution in [0.25, 0.3) is 10.9 Å². The lowest BCUT2D eigenvalue weighted by Crippen LogP contribution is -2.10. The fourth-order valence-corrected chi connectivity index (χ4v) is 1.88. The van der Waals surface area contributed by atoms with Crippen LogP contribution in [-0.4, -0.2) is 15.8 Å². The zero-order valence-corrected chi connectivity index (χ0v) is 9.00. The van der Waals surface area contributed by atoms with Gasteiger partial charge in [0.2, 0.25) is 0 Å². The lowest BCUT2D eigenvalue weighted by atomic mass is 10.2. The Morgan fingerprint density at radius 1 is 1.47 bits per heavy atom. The highest BCUT2D eigenvalue weighted by Gasteiger charge is 2.09. The number of fused-ring (bicyclic) bond motifs is 1. The molecule has 2 aromatic rings. The Labute approximate surface area is 91.9 Å². The third-order valence-electron chi connectivity index (χ3n) is 2.30. The molecule has 0 amide bonds. The van der Waals surface area contributed by atoms with Gasteiger partial charge >= 0.3 is 0 Å². The van der Waals surface area contributed by atoms with E-state index in [-0.39, 0.29) is 5.02 Å². The molecule has 0 radical (unpaired) electrons. The Hall–Kier alpha value is -1.06. The van der Waals surface area contributed by atoms with Gasteiger partial charge < -0.3 is 9.67 Å². The zero-order valence-electron chi connectivity index (χ0n) is 8.24. The van der Waals surface area contributed by atoms with Crippen LogP contribution in [0.15, 0.2) is 24.4 Å². The lowest BCUT2D eigenvalue weighted by Gasteiger charge is -2.07. The average Bonchev–Trinajstić information content (AvgIpc) is 2.55. The molecule has 1 atom stereocenters. The number of hydrogen-bond donors (Lipinski definition) is 1. The minimum Gasteiger partial charge on any atom is -0.392 e. The number of halogens is 2. The van der Waals surface area contributed by atoms with Gasteiger partial charge in [-0.15, -0.1) is 0 Å². The van der Waals surface area contributed by atoms with Crippen molar-refractivity contribution in [1.29, 1.82) is 0 Å². The van der Waals surface area contributed by atoms with Crippen LogP contribution in [-0.2, 0) is 6.54 Å². The van der Waals surface area contributed by atoms with Crippen molar-refractivity contribution < 1.29 is 9.50 Å². The molecule has 0 fully saturated rings. The minimum absolute atomic E-state index is 0.136. The highest BCUT2D eigenvalue weighted by molar-refractivity contribution is 6.35. The maximum Gasteiger partial charge on any atom is 0.142 e. The maximum absolute atomic E-state index is 13.1. The van der Waals surface area contributed by atoms with Gasteiger partial charge in [0.25, 0.3) is 0 Å². The average molecular weight is 228 g/mol. The van der Waals surface area contributed by atoms with Crippen molar-refractivity contribution in [2.24, 2.45) is 0 Å². The zero-order chi connectivity index (χ0) is 11.0. The molecule has 0 saturated carbocycles. The molecule has 4 heteroatoms. The van der Waals surface area contributed by atoms with Gasteiger partial charge in [-0.1, -0.05) is 11.6 Å². The van der Waals surface area contributed by atoms with Gasteiger partial charge in [-0.2, -0.15) is 0 Å². The molecule has 0 spiro atoms. The van der Waals surface area contributed by atoms with E-state index in [1.54, 1.807) is 25.3 Å². The van der Waals surface area contributed by atoms with Gasteiger partial charge in [0, 0.05) is 23.6 Å². The highest BCUT2D eigenvalue weighted by atomic mass is 35.5. The van der Waals surface area contributed by atoms with Crippen molar-refractivity contribution in [1.82, 2.24) is 4.57 Å². The number of aromatic nitrogens is 1. The Morgan fingerprint density at radius 3 is 2.87 bits per heavy atom. The summed E-state index contributed by atoms with van der Waals surface area (Å²) in [5, 5.41) is 10.1.